The minimum atomic E-state index is -0.838. The first-order valence-electron chi connectivity index (χ1n) is 6.95. The molecule has 1 aromatic carbocycles. The minimum absolute atomic E-state index is 0.00597. The summed E-state index contributed by atoms with van der Waals surface area (Å²) in [6, 6.07) is 6.87. The third-order valence-electron chi connectivity index (χ3n) is 2.75. The summed E-state index contributed by atoms with van der Waals surface area (Å²) >= 11 is 3.29. The first kappa shape index (κ1) is 18.2. The Balaban J connectivity index is 2.31. The maximum absolute atomic E-state index is 11.8. The van der Waals surface area contributed by atoms with Crippen LogP contribution in [0.3, 0.4) is 0 Å². The molecule has 0 fully saturated rings. The number of halogens is 1. The number of likely N-dealkylation sites (N-methyl/N-ethyl adjacent to an activating group) is 1. The second-order valence-electron chi connectivity index (χ2n) is 4.54. The number of nitrogens with one attached hydrogen (secondary N) is 2. The molecule has 22 heavy (non-hydrogen) atoms. The van der Waals surface area contributed by atoms with Gasteiger partial charge in [0.1, 0.15) is 0 Å². The highest BCUT2D eigenvalue weighted by atomic mass is 79.9. The number of carbonyl (C=O) groups excluding carboxylic acids is 3. The normalized spacial score (nSPS) is 11.4. The minimum Gasteiger partial charge on any atom is -0.452 e. The van der Waals surface area contributed by atoms with E-state index in [0.717, 1.165) is 4.47 Å². The molecule has 0 unspecified atom stereocenters. The first-order chi connectivity index (χ1) is 10.4. The van der Waals surface area contributed by atoms with Gasteiger partial charge < -0.3 is 15.4 Å². The van der Waals surface area contributed by atoms with Gasteiger partial charge in [-0.3, -0.25) is 14.4 Å². The van der Waals surface area contributed by atoms with Gasteiger partial charge in [0.05, 0.1) is 6.42 Å². The van der Waals surface area contributed by atoms with Gasteiger partial charge >= 0.3 is 5.97 Å². The lowest BCUT2D eigenvalue weighted by atomic mass is 10.2. The van der Waals surface area contributed by atoms with Crippen molar-refractivity contribution in [1.29, 1.82) is 0 Å². The van der Waals surface area contributed by atoms with Gasteiger partial charge in [-0.1, -0.05) is 15.9 Å². The molecule has 2 N–H and O–H groups in total. The molecule has 0 aliphatic rings. The van der Waals surface area contributed by atoms with Gasteiger partial charge in [-0.15, -0.1) is 0 Å². The second-order valence-corrected chi connectivity index (χ2v) is 5.46. The highest BCUT2D eigenvalue weighted by Gasteiger charge is 2.16. The zero-order valence-corrected chi connectivity index (χ0v) is 14.1. The van der Waals surface area contributed by atoms with Crippen molar-refractivity contribution in [3.05, 3.63) is 34.3 Å². The number of esters is 1. The van der Waals surface area contributed by atoms with E-state index in [-0.39, 0.29) is 24.8 Å². The fourth-order valence-corrected chi connectivity index (χ4v) is 1.87. The van der Waals surface area contributed by atoms with Crippen LogP contribution >= 0.6 is 15.9 Å². The van der Waals surface area contributed by atoms with Crippen molar-refractivity contribution in [3.63, 3.8) is 0 Å². The Morgan fingerprint density at radius 3 is 2.41 bits per heavy atom. The molecule has 1 atom stereocenters. The van der Waals surface area contributed by atoms with E-state index in [1.807, 2.05) is 0 Å². The van der Waals surface area contributed by atoms with E-state index in [0.29, 0.717) is 12.1 Å². The lowest BCUT2D eigenvalue weighted by molar-refractivity contribution is -0.154. The Hall–Kier alpha value is -1.89. The fraction of sp³-hybridized carbons (Fsp3) is 0.400. The monoisotopic (exact) mass is 370 g/mol. The lowest BCUT2D eigenvalue weighted by Gasteiger charge is -2.12. The topological polar surface area (TPSA) is 84.5 Å². The van der Waals surface area contributed by atoms with Gasteiger partial charge in [-0.05, 0) is 38.1 Å². The summed E-state index contributed by atoms with van der Waals surface area (Å²) in [7, 11) is 0. The summed E-state index contributed by atoms with van der Waals surface area (Å²) in [6.07, 6.45) is -0.832. The van der Waals surface area contributed by atoms with Crippen LogP contribution in [-0.4, -0.2) is 37.0 Å². The van der Waals surface area contributed by atoms with Crippen LogP contribution in [-0.2, 0) is 14.3 Å². The van der Waals surface area contributed by atoms with Crippen molar-refractivity contribution in [2.24, 2.45) is 0 Å². The molecule has 0 bridgehead atoms. The van der Waals surface area contributed by atoms with Crippen LogP contribution in [0.25, 0.3) is 0 Å². The molecular weight excluding hydrogens is 352 g/mol. The van der Waals surface area contributed by atoms with Gasteiger partial charge in [0.25, 0.3) is 11.8 Å². The van der Waals surface area contributed by atoms with Crippen LogP contribution in [0.15, 0.2) is 28.7 Å². The standard InChI is InChI=1S/C15H19BrN2O4/c1-3-17-14(20)10(2)22-13(19)8-9-18-15(21)11-4-6-12(16)7-5-11/h4-7,10H,3,8-9H2,1-2H3,(H,17,20)(H,18,21)/t10-/m0/s1. The summed E-state index contributed by atoms with van der Waals surface area (Å²) in [4.78, 5) is 34.8. The van der Waals surface area contributed by atoms with E-state index in [1.165, 1.54) is 6.92 Å². The Morgan fingerprint density at radius 1 is 1.18 bits per heavy atom. The number of hydrogen-bond donors (Lipinski definition) is 2. The van der Waals surface area contributed by atoms with E-state index in [9.17, 15) is 14.4 Å². The smallest absolute Gasteiger partial charge is 0.308 e. The summed E-state index contributed by atoms with van der Waals surface area (Å²) in [6.45, 7) is 3.91. The molecule has 0 saturated heterocycles. The van der Waals surface area contributed by atoms with E-state index < -0.39 is 12.1 Å². The molecule has 7 heteroatoms. The molecule has 0 heterocycles. The quantitative estimate of drug-likeness (QED) is 0.714. The summed E-state index contributed by atoms with van der Waals surface area (Å²) < 4.78 is 5.84. The molecular formula is C15H19BrN2O4. The Bertz CT molecular complexity index is 531. The van der Waals surface area contributed by atoms with Gasteiger partial charge in [-0.25, -0.2) is 0 Å². The summed E-state index contributed by atoms with van der Waals surface area (Å²) in [5.74, 6) is -1.14. The van der Waals surface area contributed by atoms with Crippen LogP contribution < -0.4 is 10.6 Å². The van der Waals surface area contributed by atoms with Crippen molar-refractivity contribution in [2.45, 2.75) is 26.4 Å². The van der Waals surface area contributed by atoms with Crippen molar-refractivity contribution in [2.75, 3.05) is 13.1 Å². The second kappa shape index (κ2) is 9.19. The van der Waals surface area contributed by atoms with Crippen molar-refractivity contribution in [1.82, 2.24) is 10.6 Å². The first-order valence-corrected chi connectivity index (χ1v) is 7.74. The Labute approximate surface area is 137 Å². The van der Waals surface area contributed by atoms with E-state index in [4.69, 9.17) is 4.74 Å². The fourth-order valence-electron chi connectivity index (χ4n) is 1.61. The largest absolute Gasteiger partial charge is 0.452 e. The van der Waals surface area contributed by atoms with Gasteiger partial charge in [0, 0.05) is 23.1 Å². The van der Waals surface area contributed by atoms with Crippen molar-refractivity contribution >= 4 is 33.7 Å². The predicted molar refractivity (Wildman–Crippen MR) is 85.3 cm³/mol. The Kier molecular flexibility index (Phi) is 7.59. The maximum atomic E-state index is 11.8. The zero-order chi connectivity index (χ0) is 16.5. The zero-order valence-electron chi connectivity index (χ0n) is 12.5. The van der Waals surface area contributed by atoms with Crippen LogP contribution in [0.4, 0.5) is 0 Å². The maximum Gasteiger partial charge on any atom is 0.308 e. The van der Waals surface area contributed by atoms with Gasteiger partial charge in [0.2, 0.25) is 0 Å². The molecule has 6 nitrogen and oxygen atoms in total. The molecule has 0 aromatic heterocycles. The lowest BCUT2D eigenvalue weighted by Crippen LogP contribution is -2.36. The third-order valence-corrected chi connectivity index (χ3v) is 3.28. The SMILES string of the molecule is CCNC(=O)[C@H](C)OC(=O)CCNC(=O)c1ccc(Br)cc1. The van der Waals surface area contributed by atoms with E-state index in [1.54, 1.807) is 31.2 Å². The molecule has 0 spiro atoms. The van der Waals surface area contributed by atoms with E-state index >= 15 is 0 Å². The Morgan fingerprint density at radius 2 is 1.82 bits per heavy atom. The van der Waals surface area contributed by atoms with Gasteiger partial charge in [-0.2, -0.15) is 0 Å². The van der Waals surface area contributed by atoms with Gasteiger partial charge in [0.15, 0.2) is 6.10 Å². The third kappa shape index (κ3) is 6.26. The summed E-state index contributed by atoms with van der Waals surface area (Å²) in [5, 5.41) is 5.18. The average Bonchev–Trinajstić information content (AvgIpc) is 2.47. The molecule has 1 aromatic rings. The summed E-state index contributed by atoms with van der Waals surface area (Å²) in [5.41, 5.74) is 0.507. The molecule has 0 aliphatic heterocycles. The van der Waals surface area contributed by atoms with E-state index in [2.05, 4.69) is 26.6 Å². The molecule has 0 saturated carbocycles. The number of carbonyl (C=O) groups is 3. The highest BCUT2D eigenvalue weighted by Crippen LogP contribution is 2.10. The number of ether oxygens (including phenoxy) is 1. The molecule has 0 radical (unpaired) electrons. The number of benzene rings is 1. The van der Waals surface area contributed by atoms with Crippen molar-refractivity contribution in [3.8, 4) is 0 Å². The molecule has 2 amide bonds. The van der Waals surface area contributed by atoms with Crippen molar-refractivity contribution < 1.29 is 19.1 Å². The van der Waals surface area contributed by atoms with Crippen LogP contribution in [0.5, 0.6) is 0 Å². The molecule has 120 valence electrons. The van der Waals surface area contributed by atoms with Crippen LogP contribution in [0.2, 0.25) is 0 Å². The predicted octanol–water partition coefficient (Wildman–Crippen LogP) is 1.64. The average molecular weight is 371 g/mol. The number of rotatable bonds is 7. The van der Waals surface area contributed by atoms with Crippen LogP contribution in [0, 0.1) is 0 Å². The highest BCUT2D eigenvalue weighted by molar-refractivity contribution is 9.10. The molecule has 0 aliphatic carbocycles. The van der Waals surface area contributed by atoms with Crippen LogP contribution in [0.1, 0.15) is 30.6 Å². The number of amides is 2. The number of hydrogen-bond acceptors (Lipinski definition) is 4. The molecule has 1 rings (SSSR count).